The molecule has 20 heavy (non-hydrogen) atoms. The number of carbonyl (C=O) groups is 2. The Bertz CT molecular complexity index is 466. The number of hydrogen-bond acceptors (Lipinski definition) is 3. The summed E-state index contributed by atoms with van der Waals surface area (Å²) >= 11 is 0. The van der Waals surface area contributed by atoms with E-state index in [4.69, 9.17) is 5.11 Å². The van der Waals surface area contributed by atoms with Gasteiger partial charge in [0, 0.05) is 6.20 Å². The van der Waals surface area contributed by atoms with Crippen LogP contribution in [-0.4, -0.2) is 33.4 Å². The third kappa shape index (κ3) is 4.25. The molecule has 0 bridgehead atoms. The zero-order valence-corrected chi connectivity index (χ0v) is 11.3. The first-order valence-corrected chi connectivity index (χ1v) is 6.92. The van der Waals surface area contributed by atoms with Crippen LogP contribution < -0.4 is 10.6 Å². The van der Waals surface area contributed by atoms with Crippen LogP contribution >= 0.6 is 0 Å². The Kier molecular flexibility index (Phi) is 4.97. The minimum absolute atomic E-state index is 0.297. The Morgan fingerprint density at radius 3 is 2.75 bits per heavy atom. The average molecular weight is 280 g/mol. The number of nitrogens with zero attached hydrogens (tertiary/aromatic N) is 2. The van der Waals surface area contributed by atoms with E-state index in [0.717, 1.165) is 18.5 Å². The lowest BCUT2D eigenvalue weighted by Gasteiger charge is -2.21. The fourth-order valence-corrected chi connectivity index (χ4v) is 2.41. The molecule has 2 amide bonds. The molecule has 3 N–H and O–H groups in total. The van der Waals surface area contributed by atoms with Gasteiger partial charge in [-0.05, 0) is 18.9 Å². The second-order valence-electron chi connectivity index (χ2n) is 5.01. The van der Waals surface area contributed by atoms with Crippen molar-refractivity contribution in [3.8, 4) is 0 Å². The number of aliphatic carboxylic acids is 1. The number of carboxylic acid groups (broad SMARTS) is 1. The molecule has 0 atom stereocenters. The lowest BCUT2D eigenvalue weighted by atomic mass is 9.96. The third-order valence-electron chi connectivity index (χ3n) is 3.44. The average Bonchev–Trinajstić information content (AvgIpc) is 2.93. The normalized spacial score (nSPS) is 15.8. The summed E-state index contributed by atoms with van der Waals surface area (Å²) in [5, 5.41) is 17.7. The second kappa shape index (κ2) is 6.93. The highest BCUT2D eigenvalue weighted by molar-refractivity contribution is 5.79. The van der Waals surface area contributed by atoms with Crippen LogP contribution in [0.4, 0.5) is 4.79 Å². The summed E-state index contributed by atoms with van der Waals surface area (Å²) in [5.74, 6) is -1.07. The molecule has 0 unspecified atom stereocenters. The van der Waals surface area contributed by atoms with Gasteiger partial charge in [-0.3, -0.25) is 9.48 Å². The van der Waals surface area contributed by atoms with Gasteiger partial charge in [0.1, 0.15) is 6.54 Å². The van der Waals surface area contributed by atoms with Gasteiger partial charge in [0.2, 0.25) is 0 Å². The predicted molar refractivity (Wildman–Crippen MR) is 72.2 cm³/mol. The number of urea groups is 1. The summed E-state index contributed by atoms with van der Waals surface area (Å²) in [6.45, 7) is -0.0898. The maximum Gasteiger partial charge on any atom is 0.323 e. The zero-order chi connectivity index (χ0) is 14.4. The number of nitrogens with one attached hydrogen (secondary N) is 2. The van der Waals surface area contributed by atoms with Crippen LogP contribution in [0, 0.1) is 0 Å². The Hall–Kier alpha value is -2.05. The van der Waals surface area contributed by atoms with Gasteiger partial charge in [-0.1, -0.05) is 19.3 Å². The van der Waals surface area contributed by atoms with Crippen molar-refractivity contribution in [2.24, 2.45) is 0 Å². The first-order chi connectivity index (χ1) is 9.65. The predicted octanol–water partition coefficient (Wildman–Crippen LogP) is 1.27. The molecule has 0 saturated heterocycles. The maximum atomic E-state index is 11.3. The van der Waals surface area contributed by atoms with Crippen LogP contribution in [0.3, 0.4) is 0 Å². The molecule has 0 aliphatic heterocycles. The van der Waals surface area contributed by atoms with E-state index in [9.17, 15) is 9.59 Å². The van der Waals surface area contributed by atoms with Gasteiger partial charge >= 0.3 is 12.0 Å². The number of carbonyl (C=O) groups excluding carboxylic acids is 1. The Morgan fingerprint density at radius 2 is 2.05 bits per heavy atom. The number of aromatic nitrogens is 2. The molecule has 1 aliphatic rings. The van der Waals surface area contributed by atoms with Crippen molar-refractivity contribution in [1.29, 1.82) is 0 Å². The molecule has 0 radical (unpaired) electrons. The van der Waals surface area contributed by atoms with Crippen molar-refractivity contribution in [3.05, 3.63) is 18.0 Å². The standard InChI is InChI=1S/C13H20N4O3/c18-12(19)9-15-13(20)14-8-10-6-7-17(16-10)11-4-2-1-3-5-11/h6-7,11H,1-5,8-9H2,(H,18,19)(H2,14,15,20). The van der Waals surface area contributed by atoms with E-state index in [2.05, 4.69) is 15.7 Å². The van der Waals surface area contributed by atoms with Crippen LogP contribution in [0.2, 0.25) is 0 Å². The van der Waals surface area contributed by atoms with Crippen LogP contribution in [0.15, 0.2) is 12.3 Å². The largest absolute Gasteiger partial charge is 0.480 e. The second-order valence-corrected chi connectivity index (χ2v) is 5.01. The molecular weight excluding hydrogens is 260 g/mol. The van der Waals surface area contributed by atoms with E-state index < -0.39 is 12.0 Å². The minimum Gasteiger partial charge on any atom is -0.480 e. The summed E-state index contributed by atoms with van der Waals surface area (Å²) in [6, 6.07) is 1.85. The molecule has 110 valence electrons. The monoisotopic (exact) mass is 280 g/mol. The van der Waals surface area contributed by atoms with Gasteiger partial charge in [-0.25, -0.2) is 4.79 Å². The van der Waals surface area contributed by atoms with Gasteiger partial charge in [0.15, 0.2) is 0 Å². The van der Waals surface area contributed by atoms with Crippen LogP contribution in [0.25, 0.3) is 0 Å². The first-order valence-electron chi connectivity index (χ1n) is 6.92. The van der Waals surface area contributed by atoms with E-state index in [0.29, 0.717) is 12.6 Å². The maximum absolute atomic E-state index is 11.3. The smallest absolute Gasteiger partial charge is 0.323 e. The molecule has 1 saturated carbocycles. The zero-order valence-electron chi connectivity index (χ0n) is 11.3. The molecule has 1 fully saturated rings. The van der Waals surface area contributed by atoms with Crippen molar-refractivity contribution in [2.75, 3.05) is 6.54 Å². The summed E-state index contributed by atoms with van der Waals surface area (Å²) in [7, 11) is 0. The van der Waals surface area contributed by atoms with Crippen molar-refractivity contribution < 1.29 is 14.7 Å². The van der Waals surface area contributed by atoms with E-state index >= 15 is 0 Å². The van der Waals surface area contributed by atoms with Crippen LogP contribution in [-0.2, 0) is 11.3 Å². The Balaban J connectivity index is 1.77. The highest BCUT2D eigenvalue weighted by atomic mass is 16.4. The van der Waals surface area contributed by atoms with E-state index in [-0.39, 0.29) is 6.54 Å². The van der Waals surface area contributed by atoms with E-state index in [1.165, 1.54) is 19.3 Å². The number of rotatable bonds is 5. The fourth-order valence-electron chi connectivity index (χ4n) is 2.41. The molecule has 1 aliphatic carbocycles. The third-order valence-corrected chi connectivity index (χ3v) is 3.44. The summed E-state index contributed by atoms with van der Waals surface area (Å²) in [4.78, 5) is 21.6. The topological polar surface area (TPSA) is 96.3 Å². The van der Waals surface area contributed by atoms with Gasteiger partial charge < -0.3 is 15.7 Å². The van der Waals surface area contributed by atoms with E-state index in [1.54, 1.807) is 0 Å². The Morgan fingerprint density at radius 1 is 1.30 bits per heavy atom. The molecule has 7 heteroatoms. The van der Waals surface area contributed by atoms with Crippen LogP contribution in [0.5, 0.6) is 0 Å². The molecule has 0 aromatic carbocycles. The van der Waals surface area contributed by atoms with Gasteiger partial charge in [-0.15, -0.1) is 0 Å². The lowest BCUT2D eigenvalue weighted by Crippen LogP contribution is -2.38. The van der Waals surface area contributed by atoms with Crippen molar-refractivity contribution in [2.45, 2.75) is 44.7 Å². The molecule has 1 aromatic heterocycles. The molecular formula is C13H20N4O3. The van der Waals surface area contributed by atoms with Crippen LogP contribution in [0.1, 0.15) is 43.8 Å². The Labute approximate surface area is 117 Å². The number of carboxylic acids is 1. The van der Waals surface area contributed by atoms with Gasteiger partial charge in [0.25, 0.3) is 0 Å². The van der Waals surface area contributed by atoms with E-state index in [1.807, 2.05) is 16.9 Å². The molecule has 1 heterocycles. The van der Waals surface area contributed by atoms with Crippen molar-refractivity contribution >= 4 is 12.0 Å². The number of amides is 2. The summed E-state index contributed by atoms with van der Waals surface area (Å²) < 4.78 is 1.98. The van der Waals surface area contributed by atoms with Crippen molar-refractivity contribution in [1.82, 2.24) is 20.4 Å². The summed E-state index contributed by atoms with van der Waals surface area (Å²) in [5.41, 5.74) is 0.779. The lowest BCUT2D eigenvalue weighted by molar-refractivity contribution is -0.135. The minimum atomic E-state index is -1.07. The highest BCUT2D eigenvalue weighted by Crippen LogP contribution is 2.27. The molecule has 1 aromatic rings. The quantitative estimate of drug-likeness (QED) is 0.756. The molecule has 2 rings (SSSR count). The summed E-state index contributed by atoms with van der Waals surface area (Å²) in [6.07, 6.45) is 8.06. The van der Waals surface area contributed by atoms with Gasteiger partial charge in [-0.2, -0.15) is 5.10 Å². The number of hydrogen-bond donors (Lipinski definition) is 3. The first kappa shape index (κ1) is 14.4. The fraction of sp³-hybridized carbons (Fsp3) is 0.615. The highest BCUT2D eigenvalue weighted by Gasteiger charge is 2.16. The SMILES string of the molecule is O=C(O)CNC(=O)NCc1ccn(C2CCCCC2)n1. The van der Waals surface area contributed by atoms with Crippen molar-refractivity contribution in [3.63, 3.8) is 0 Å². The molecule has 7 nitrogen and oxygen atoms in total. The van der Waals surface area contributed by atoms with Gasteiger partial charge in [0.05, 0.1) is 18.3 Å². The molecule has 0 spiro atoms.